The summed E-state index contributed by atoms with van der Waals surface area (Å²) in [5.74, 6) is -0.107. The molecule has 4 rings (SSSR count). The van der Waals surface area contributed by atoms with Crippen molar-refractivity contribution < 1.29 is 24.2 Å². The Kier molecular flexibility index (Phi) is 9.49. The maximum atomic E-state index is 13.0. The second kappa shape index (κ2) is 13.2. The molecule has 1 fully saturated rings. The van der Waals surface area contributed by atoms with E-state index >= 15 is 0 Å². The summed E-state index contributed by atoms with van der Waals surface area (Å²) in [4.78, 5) is 37.4. The lowest BCUT2D eigenvalue weighted by Crippen LogP contribution is -2.32. The molecule has 3 N–H and O–H groups in total. The molecule has 3 aromatic carbocycles. The molecule has 1 unspecified atom stereocenters. The van der Waals surface area contributed by atoms with Gasteiger partial charge in [0.25, 0.3) is 0 Å². The molecule has 1 aliphatic carbocycles. The molecule has 7 heteroatoms. The number of nitrogens with one attached hydrogen (secondary N) is 2. The van der Waals surface area contributed by atoms with Crippen LogP contribution in [0.2, 0.25) is 0 Å². The Hall–Kier alpha value is -3.97. The molecule has 204 valence electrons. The van der Waals surface area contributed by atoms with Gasteiger partial charge in [-0.15, -0.1) is 0 Å². The zero-order valence-electron chi connectivity index (χ0n) is 22.3. The molecule has 0 radical (unpaired) electrons. The van der Waals surface area contributed by atoms with E-state index in [1.807, 2.05) is 37.3 Å². The summed E-state index contributed by atoms with van der Waals surface area (Å²) in [6.45, 7) is 3.86. The summed E-state index contributed by atoms with van der Waals surface area (Å²) in [7, 11) is 0. The van der Waals surface area contributed by atoms with Crippen molar-refractivity contribution in [3.63, 3.8) is 0 Å². The summed E-state index contributed by atoms with van der Waals surface area (Å²) >= 11 is 0. The number of para-hydroxylation sites is 1. The second-order valence-electron chi connectivity index (χ2n) is 10.1. The monoisotopic (exact) mass is 528 g/mol. The van der Waals surface area contributed by atoms with Gasteiger partial charge in [0.15, 0.2) is 5.78 Å². The Morgan fingerprint density at radius 3 is 2.31 bits per heavy atom. The van der Waals surface area contributed by atoms with Gasteiger partial charge in [-0.05, 0) is 49.1 Å². The van der Waals surface area contributed by atoms with Crippen LogP contribution in [-0.2, 0) is 16.0 Å². The fourth-order valence-electron chi connectivity index (χ4n) is 4.66. The van der Waals surface area contributed by atoms with Crippen LogP contribution in [0.3, 0.4) is 0 Å². The number of ether oxygens (including phenoxy) is 1. The van der Waals surface area contributed by atoms with Crippen LogP contribution < -0.4 is 15.4 Å². The van der Waals surface area contributed by atoms with Gasteiger partial charge in [-0.1, -0.05) is 61.5 Å². The first-order chi connectivity index (χ1) is 18.9. The predicted octanol–water partition coefficient (Wildman–Crippen LogP) is 5.14. The Labute approximate surface area is 229 Å². The summed E-state index contributed by atoms with van der Waals surface area (Å²) in [5, 5.41) is 16.3. The molecule has 0 heterocycles. The first-order valence-electron chi connectivity index (χ1n) is 13.6. The number of benzene rings is 3. The normalized spacial score (nSPS) is 14.3. The van der Waals surface area contributed by atoms with E-state index in [0.29, 0.717) is 54.5 Å². The second-order valence-corrected chi connectivity index (χ2v) is 10.1. The van der Waals surface area contributed by atoms with E-state index in [1.165, 1.54) is 0 Å². The van der Waals surface area contributed by atoms with Crippen molar-refractivity contribution in [3.05, 3.63) is 95.6 Å². The van der Waals surface area contributed by atoms with E-state index < -0.39 is 12.0 Å². The zero-order chi connectivity index (χ0) is 27.7. The van der Waals surface area contributed by atoms with Gasteiger partial charge in [0, 0.05) is 48.2 Å². The number of Topliss-reactive ketones (excluding diaryl/α,β-unsaturated/α-hetero) is 1. The predicted molar refractivity (Wildman–Crippen MR) is 151 cm³/mol. The van der Waals surface area contributed by atoms with E-state index in [1.54, 1.807) is 48.5 Å². The lowest BCUT2D eigenvalue weighted by Gasteiger charge is -2.18. The number of hydrogen-bond donors (Lipinski definition) is 3. The van der Waals surface area contributed by atoms with Crippen molar-refractivity contribution in [2.24, 2.45) is 5.41 Å². The van der Waals surface area contributed by atoms with Crippen LogP contribution >= 0.6 is 0 Å². The van der Waals surface area contributed by atoms with Gasteiger partial charge in [-0.2, -0.15) is 0 Å². The maximum absolute atomic E-state index is 13.0. The molecule has 0 spiro atoms. The number of rotatable bonds is 16. The summed E-state index contributed by atoms with van der Waals surface area (Å²) in [6.07, 6.45) is 3.73. The Morgan fingerprint density at radius 2 is 1.64 bits per heavy atom. The van der Waals surface area contributed by atoms with E-state index in [9.17, 15) is 19.5 Å². The zero-order valence-corrected chi connectivity index (χ0v) is 22.3. The molecule has 0 aromatic heterocycles. The number of aliphatic carboxylic acids is 1. The third-order valence-corrected chi connectivity index (χ3v) is 7.13. The highest BCUT2D eigenvalue weighted by molar-refractivity contribution is 6.12. The average molecular weight is 529 g/mol. The van der Waals surface area contributed by atoms with Gasteiger partial charge in [0.1, 0.15) is 24.2 Å². The summed E-state index contributed by atoms with van der Waals surface area (Å²) in [5.41, 5.74) is 2.13. The lowest BCUT2D eigenvalue weighted by atomic mass is 9.97. The number of anilines is 1. The van der Waals surface area contributed by atoms with E-state index in [0.717, 1.165) is 24.8 Å². The molecule has 0 bridgehead atoms. The van der Waals surface area contributed by atoms with Gasteiger partial charge in [-0.3, -0.25) is 9.59 Å². The largest absolute Gasteiger partial charge is 0.492 e. The molecule has 1 atom stereocenters. The quantitative estimate of drug-likeness (QED) is 0.175. The van der Waals surface area contributed by atoms with Crippen LogP contribution in [0, 0.1) is 5.41 Å². The molecule has 1 aliphatic rings. The maximum Gasteiger partial charge on any atom is 0.326 e. The number of carboxylic acid groups (broad SMARTS) is 1. The smallest absolute Gasteiger partial charge is 0.326 e. The van der Waals surface area contributed by atoms with Crippen LogP contribution in [0.1, 0.15) is 54.1 Å². The number of hydrogen-bond acceptors (Lipinski definition) is 6. The van der Waals surface area contributed by atoms with E-state index in [2.05, 4.69) is 10.6 Å². The van der Waals surface area contributed by atoms with Gasteiger partial charge >= 0.3 is 5.97 Å². The first kappa shape index (κ1) is 28.0. The summed E-state index contributed by atoms with van der Waals surface area (Å²) < 4.78 is 5.82. The Bertz CT molecular complexity index is 1270. The van der Waals surface area contributed by atoms with E-state index in [-0.39, 0.29) is 17.6 Å². The molecule has 1 saturated carbocycles. The third-order valence-electron chi connectivity index (χ3n) is 7.13. The molecule has 0 amide bonds. The van der Waals surface area contributed by atoms with Gasteiger partial charge in [0.2, 0.25) is 0 Å². The number of carboxylic acids is 1. The standard InChI is InChI=1S/C32H36N2O5/c1-2-8-29(35)32(17-18-32)22-33-19-20-39-25-15-13-23(14-16-25)21-28(31(37)38)34-27-12-7-6-11-26(27)30(36)24-9-4-3-5-10-24/h3-7,9-16,28,33-34H,2,8,17-22H2,1H3,(H,37,38). The van der Waals surface area contributed by atoms with Crippen molar-refractivity contribution in [3.8, 4) is 5.75 Å². The molecular formula is C32H36N2O5. The van der Waals surface area contributed by atoms with Crippen molar-refractivity contribution in [2.75, 3.05) is 25.0 Å². The lowest BCUT2D eigenvalue weighted by molar-refractivity contribution is -0.137. The number of carbonyl (C=O) groups excluding carboxylic acids is 2. The van der Waals surface area contributed by atoms with E-state index in [4.69, 9.17) is 4.74 Å². The number of carbonyl (C=O) groups is 3. The summed E-state index contributed by atoms with van der Waals surface area (Å²) in [6, 6.07) is 22.3. The van der Waals surface area contributed by atoms with Crippen LogP contribution in [0.5, 0.6) is 5.75 Å². The van der Waals surface area contributed by atoms with Crippen LogP contribution in [-0.4, -0.2) is 48.4 Å². The Morgan fingerprint density at radius 1 is 0.949 bits per heavy atom. The highest BCUT2D eigenvalue weighted by Gasteiger charge is 2.47. The fraction of sp³-hybridized carbons (Fsp3) is 0.344. The number of ketones is 2. The minimum Gasteiger partial charge on any atom is -0.492 e. The molecule has 0 aliphatic heterocycles. The molecule has 0 saturated heterocycles. The first-order valence-corrected chi connectivity index (χ1v) is 13.6. The van der Waals surface area contributed by atoms with Crippen molar-refractivity contribution in [1.29, 1.82) is 0 Å². The Balaban J connectivity index is 1.29. The fourth-order valence-corrected chi connectivity index (χ4v) is 4.66. The molecular weight excluding hydrogens is 492 g/mol. The molecule has 39 heavy (non-hydrogen) atoms. The SMILES string of the molecule is CCCC(=O)C1(CNCCOc2ccc(CC(Nc3ccccc3C(=O)c3ccccc3)C(=O)O)cc2)CC1. The minimum absolute atomic E-state index is 0.151. The van der Waals surface area contributed by atoms with Crippen LogP contribution in [0.4, 0.5) is 5.69 Å². The average Bonchev–Trinajstić information content (AvgIpc) is 3.75. The van der Waals surface area contributed by atoms with Crippen molar-refractivity contribution in [1.82, 2.24) is 5.32 Å². The molecule has 7 nitrogen and oxygen atoms in total. The van der Waals surface area contributed by atoms with Crippen molar-refractivity contribution in [2.45, 2.75) is 45.1 Å². The highest BCUT2D eigenvalue weighted by atomic mass is 16.5. The molecule has 3 aromatic rings. The highest BCUT2D eigenvalue weighted by Crippen LogP contribution is 2.46. The third kappa shape index (κ3) is 7.54. The van der Waals surface area contributed by atoms with Crippen LogP contribution in [0.25, 0.3) is 0 Å². The van der Waals surface area contributed by atoms with Gasteiger partial charge in [0.05, 0.1) is 0 Å². The van der Waals surface area contributed by atoms with Gasteiger partial charge in [-0.25, -0.2) is 4.79 Å². The van der Waals surface area contributed by atoms with Crippen molar-refractivity contribution >= 4 is 23.2 Å². The van der Waals surface area contributed by atoms with Gasteiger partial charge < -0.3 is 20.5 Å². The van der Waals surface area contributed by atoms with Crippen LogP contribution in [0.15, 0.2) is 78.9 Å². The minimum atomic E-state index is -1.01. The topological polar surface area (TPSA) is 105 Å².